The Balaban J connectivity index is 1.41. The highest BCUT2D eigenvalue weighted by atomic mass is 16.5. The maximum Gasteiger partial charge on any atom is 0.312 e. The number of nitrogens with zero attached hydrogens (tertiary/aromatic N) is 1. The summed E-state index contributed by atoms with van der Waals surface area (Å²) in [5.41, 5.74) is 0.813. The van der Waals surface area contributed by atoms with Crippen molar-refractivity contribution in [3.8, 4) is 0 Å². The number of anilines is 2. The number of nitrogens with one attached hydrogen (secondary N) is 2. The molecule has 4 aliphatic rings. The Morgan fingerprint density at radius 1 is 1.06 bits per heavy atom. The lowest BCUT2D eigenvalue weighted by atomic mass is 9.47. The molecule has 31 heavy (non-hydrogen) atoms. The molecule has 0 spiro atoms. The SMILES string of the molecule is CC(=O)NC12C[C@H]3C[C@@H](C1)CC(C(=O)O[C@@H](C)C(=O)Nc1ccc(N(C)C)cc1)(C3)C2. The molecule has 1 aromatic carbocycles. The number of hydrogen-bond acceptors (Lipinski definition) is 5. The first-order valence-electron chi connectivity index (χ1n) is 11.2. The second-order valence-corrected chi connectivity index (χ2v) is 10.2. The molecule has 4 fully saturated rings. The molecule has 5 rings (SSSR count). The molecule has 2 N–H and O–H groups in total. The Hall–Kier alpha value is -2.57. The van der Waals surface area contributed by atoms with Crippen LogP contribution < -0.4 is 15.5 Å². The van der Waals surface area contributed by atoms with Crippen LogP contribution in [0.15, 0.2) is 24.3 Å². The Bertz CT molecular complexity index is 865. The van der Waals surface area contributed by atoms with Gasteiger partial charge in [0.05, 0.1) is 5.41 Å². The van der Waals surface area contributed by atoms with Gasteiger partial charge in [-0.3, -0.25) is 14.4 Å². The average molecular weight is 428 g/mol. The Morgan fingerprint density at radius 3 is 2.23 bits per heavy atom. The third-order valence-electron chi connectivity index (χ3n) is 7.24. The van der Waals surface area contributed by atoms with Crippen LogP contribution in [-0.2, 0) is 19.1 Å². The minimum Gasteiger partial charge on any atom is -0.452 e. The number of amides is 2. The van der Waals surface area contributed by atoms with Gasteiger partial charge in [0.25, 0.3) is 5.91 Å². The number of hydrogen-bond donors (Lipinski definition) is 2. The summed E-state index contributed by atoms with van der Waals surface area (Å²) in [6.07, 6.45) is 4.33. The van der Waals surface area contributed by atoms with Gasteiger partial charge in [0.2, 0.25) is 5.91 Å². The average Bonchev–Trinajstić information content (AvgIpc) is 2.66. The Morgan fingerprint density at radius 2 is 1.68 bits per heavy atom. The van der Waals surface area contributed by atoms with Crippen molar-refractivity contribution >= 4 is 29.2 Å². The van der Waals surface area contributed by atoms with Gasteiger partial charge in [-0.2, -0.15) is 0 Å². The van der Waals surface area contributed by atoms with Crippen LogP contribution >= 0.6 is 0 Å². The predicted molar refractivity (Wildman–Crippen MR) is 119 cm³/mol. The highest BCUT2D eigenvalue weighted by molar-refractivity contribution is 5.95. The van der Waals surface area contributed by atoms with Crippen molar-refractivity contribution in [3.63, 3.8) is 0 Å². The van der Waals surface area contributed by atoms with Gasteiger partial charge in [0.15, 0.2) is 6.10 Å². The molecule has 0 aromatic heterocycles. The lowest BCUT2D eigenvalue weighted by Gasteiger charge is -2.60. The predicted octanol–water partition coefficient (Wildman–Crippen LogP) is 3.10. The van der Waals surface area contributed by atoms with Gasteiger partial charge in [0, 0.05) is 37.9 Å². The Labute approximate surface area is 183 Å². The topological polar surface area (TPSA) is 87.7 Å². The van der Waals surface area contributed by atoms with Gasteiger partial charge >= 0.3 is 5.97 Å². The van der Waals surface area contributed by atoms with Crippen molar-refractivity contribution in [2.45, 2.75) is 64.0 Å². The molecule has 4 saturated carbocycles. The molecule has 4 aliphatic carbocycles. The molecule has 0 radical (unpaired) electrons. The van der Waals surface area contributed by atoms with E-state index in [2.05, 4.69) is 10.6 Å². The van der Waals surface area contributed by atoms with Gasteiger partial charge < -0.3 is 20.3 Å². The quantitative estimate of drug-likeness (QED) is 0.681. The van der Waals surface area contributed by atoms with Crippen molar-refractivity contribution in [2.24, 2.45) is 17.3 Å². The molecule has 7 nitrogen and oxygen atoms in total. The smallest absolute Gasteiger partial charge is 0.312 e. The summed E-state index contributed by atoms with van der Waals surface area (Å²) in [7, 11) is 3.91. The number of carbonyl (C=O) groups is 3. The highest BCUT2D eigenvalue weighted by Crippen LogP contribution is 2.62. The first-order valence-corrected chi connectivity index (χ1v) is 11.2. The van der Waals surface area contributed by atoms with Crippen LogP contribution in [0, 0.1) is 17.3 Å². The fourth-order valence-corrected chi connectivity index (χ4v) is 6.45. The number of benzene rings is 1. The summed E-state index contributed by atoms with van der Waals surface area (Å²) in [4.78, 5) is 39.7. The molecule has 168 valence electrons. The molecule has 0 heterocycles. The normalized spacial score (nSPS) is 31.6. The van der Waals surface area contributed by atoms with Crippen LogP contribution in [0.2, 0.25) is 0 Å². The zero-order valence-electron chi connectivity index (χ0n) is 18.9. The van der Waals surface area contributed by atoms with Crippen molar-refractivity contribution < 1.29 is 19.1 Å². The summed E-state index contributed by atoms with van der Waals surface area (Å²) in [5.74, 6) is 0.188. The van der Waals surface area contributed by atoms with E-state index in [1.807, 2.05) is 43.3 Å². The number of carbonyl (C=O) groups excluding carboxylic acids is 3. The van der Waals surface area contributed by atoms with Crippen LogP contribution in [0.3, 0.4) is 0 Å². The third kappa shape index (κ3) is 4.27. The molecule has 0 saturated heterocycles. The van der Waals surface area contributed by atoms with E-state index in [9.17, 15) is 14.4 Å². The highest BCUT2D eigenvalue weighted by Gasteiger charge is 2.61. The second kappa shape index (κ2) is 7.84. The van der Waals surface area contributed by atoms with E-state index in [1.165, 1.54) is 0 Å². The van der Waals surface area contributed by atoms with Crippen LogP contribution in [0.1, 0.15) is 52.4 Å². The van der Waals surface area contributed by atoms with Gasteiger partial charge in [-0.25, -0.2) is 0 Å². The van der Waals surface area contributed by atoms with Gasteiger partial charge in [-0.1, -0.05) is 0 Å². The number of esters is 1. The van der Waals surface area contributed by atoms with Gasteiger partial charge in [-0.15, -0.1) is 0 Å². The largest absolute Gasteiger partial charge is 0.452 e. The molecule has 2 unspecified atom stereocenters. The maximum absolute atomic E-state index is 13.3. The lowest BCUT2D eigenvalue weighted by Crippen LogP contribution is -2.65. The van der Waals surface area contributed by atoms with Crippen molar-refractivity contribution in [2.75, 3.05) is 24.3 Å². The second-order valence-electron chi connectivity index (χ2n) is 10.2. The first kappa shape index (κ1) is 21.7. The number of rotatable bonds is 6. The Kier molecular flexibility index (Phi) is 5.48. The fraction of sp³-hybridized carbons (Fsp3) is 0.625. The summed E-state index contributed by atoms with van der Waals surface area (Å²) in [5, 5.41) is 5.99. The zero-order chi connectivity index (χ0) is 22.4. The van der Waals surface area contributed by atoms with Gasteiger partial charge in [0.1, 0.15) is 0 Å². The molecule has 0 aliphatic heterocycles. The van der Waals surface area contributed by atoms with Crippen LogP contribution in [0.5, 0.6) is 0 Å². The van der Waals surface area contributed by atoms with Gasteiger partial charge in [-0.05, 0) is 81.5 Å². The summed E-state index contributed by atoms with van der Waals surface area (Å²) in [6, 6.07) is 7.50. The summed E-state index contributed by atoms with van der Waals surface area (Å²) >= 11 is 0. The molecular weight excluding hydrogens is 394 g/mol. The molecule has 7 heteroatoms. The van der Waals surface area contributed by atoms with Crippen LogP contribution in [0.25, 0.3) is 0 Å². The summed E-state index contributed by atoms with van der Waals surface area (Å²) in [6.45, 7) is 3.16. The van der Waals surface area contributed by atoms with Crippen LogP contribution in [-0.4, -0.2) is 43.5 Å². The third-order valence-corrected chi connectivity index (χ3v) is 7.24. The zero-order valence-corrected chi connectivity index (χ0v) is 18.9. The van der Waals surface area contributed by atoms with Crippen molar-refractivity contribution in [1.82, 2.24) is 5.32 Å². The minimum atomic E-state index is -0.884. The molecule has 1 aromatic rings. The molecular formula is C24H33N3O4. The summed E-state index contributed by atoms with van der Waals surface area (Å²) < 4.78 is 5.71. The molecule has 4 bridgehead atoms. The van der Waals surface area contributed by atoms with E-state index < -0.39 is 11.5 Å². The van der Waals surface area contributed by atoms with Crippen LogP contribution in [0.4, 0.5) is 11.4 Å². The standard InChI is InChI=1S/C24H33N3O4/c1-15(21(29)25-19-5-7-20(8-6-19)27(3)4)31-22(30)23-10-17-9-18(11-23)13-24(12-17,14-23)26-16(2)28/h5-8,15,17-18H,9-14H2,1-4H3,(H,25,29)(H,26,28)/t15-,17-,18+,23?,24?/m0/s1. The van der Waals surface area contributed by atoms with E-state index in [0.717, 1.165) is 37.8 Å². The molecule has 5 atom stereocenters. The maximum atomic E-state index is 13.3. The molecule has 2 amide bonds. The minimum absolute atomic E-state index is 0.0431. The van der Waals surface area contributed by atoms with E-state index in [1.54, 1.807) is 13.8 Å². The fourth-order valence-electron chi connectivity index (χ4n) is 6.45. The van der Waals surface area contributed by atoms with E-state index in [4.69, 9.17) is 4.74 Å². The number of ether oxygens (including phenoxy) is 1. The van der Waals surface area contributed by atoms with E-state index >= 15 is 0 Å². The monoisotopic (exact) mass is 427 g/mol. The lowest BCUT2D eigenvalue weighted by molar-refractivity contribution is -0.181. The van der Waals surface area contributed by atoms with E-state index in [-0.39, 0.29) is 23.3 Å². The van der Waals surface area contributed by atoms with E-state index in [0.29, 0.717) is 23.9 Å². The van der Waals surface area contributed by atoms with Crippen molar-refractivity contribution in [1.29, 1.82) is 0 Å². The van der Waals surface area contributed by atoms with Crippen molar-refractivity contribution in [3.05, 3.63) is 24.3 Å². The first-order chi connectivity index (χ1) is 14.6.